The number of ether oxygens (including phenoxy) is 1. The van der Waals surface area contributed by atoms with Crippen LogP contribution in [0.3, 0.4) is 0 Å². The molecule has 0 aliphatic carbocycles. The van der Waals surface area contributed by atoms with E-state index in [0.717, 1.165) is 19.5 Å². The summed E-state index contributed by atoms with van der Waals surface area (Å²) in [6.45, 7) is 2.20. The van der Waals surface area contributed by atoms with Gasteiger partial charge in [0, 0.05) is 18.9 Å². The first-order chi connectivity index (χ1) is 9.90. The molecular weight excluding hydrogens is 250 g/mol. The van der Waals surface area contributed by atoms with Gasteiger partial charge in [-0.05, 0) is 42.8 Å². The van der Waals surface area contributed by atoms with Crippen molar-refractivity contribution in [1.82, 2.24) is 10.3 Å². The third-order valence-corrected chi connectivity index (χ3v) is 2.88. The lowest BCUT2D eigenvalue weighted by molar-refractivity contribution is 0.313. The Morgan fingerprint density at radius 2 is 1.90 bits per heavy atom. The Morgan fingerprint density at radius 1 is 1.10 bits per heavy atom. The van der Waals surface area contributed by atoms with E-state index in [1.54, 1.807) is 18.5 Å². The maximum Gasteiger partial charge on any atom is 0.137 e. The summed E-state index contributed by atoms with van der Waals surface area (Å²) >= 11 is 0. The van der Waals surface area contributed by atoms with Gasteiger partial charge in [0.15, 0.2) is 0 Å². The van der Waals surface area contributed by atoms with E-state index in [9.17, 15) is 0 Å². The maximum absolute atomic E-state index is 8.93. The topological polar surface area (TPSA) is 57.9 Å². The smallest absolute Gasteiger partial charge is 0.137 e. The summed E-state index contributed by atoms with van der Waals surface area (Å²) in [7, 11) is 0. The van der Waals surface area contributed by atoms with Gasteiger partial charge in [-0.15, -0.1) is 0 Å². The van der Waals surface area contributed by atoms with Crippen LogP contribution < -0.4 is 10.1 Å². The van der Waals surface area contributed by atoms with Crippen LogP contribution in [0.4, 0.5) is 0 Å². The zero-order chi connectivity index (χ0) is 14.0. The Kier molecular flexibility index (Phi) is 5.56. The Bertz CT molecular complexity index is 563. The van der Waals surface area contributed by atoms with Crippen LogP contribution >= 0.6 is 0 Å². The fourth-order valence-electron chi connectivity index (χ4n) is 1.83. The predicted molar refractivity (Wildman–Crippen MR) is 77.5 cm³/mol. The highest BCUT2D eigenvalue weighted by Crippen LogP contribution is 2.15. The van der Waals surface area contributed by atoms with Gasteiger partial charge in [-0.1, -0.05) is 12.1 Å². The largest absolute Gasteiger partial charge is 0.491 e. The minimum Gasteiger partial charge on any atom is -0.491 e. The predicted octanol–water partition coefficient (Wildman–Crippen LogP) is 2.16. The summed E-state index contributed by atoms with van der Waals surface area (Å²) in [6, 6.07) is 13.4. The molecule has 0 unspecified atom stereocenters. The highest BCUT2D eigenvalue weighted by Gasteiger charge is 2.00. The minimum atomic E-state index is 0.551. The van der Waals surface area contributed by atoms with E-state index < -0.39 is 0 Å². The van der Waals surface area contributed by atoms with E-state index >= 15 is 0 Å². The second kappa shape index (κ2) is 7.93. The van der Waals surface area contributed by atoms with E-state index in [0.29, 0.717) is 17.9 Å². The van der Waals surface area contributed by atoms with E-state index in [2.05, 4.69) is 16.4 Å². The van der Waals surface area contributed by atoms with Gasteiger partial charge in [0.2, 0.25) is 0 Å². The molecule has 1 N–H and O–H groups in total. The Balaban J connectivity index is 1.64. The molecular formula is C16H17N3O. The molecule has 2 aromatic rings. The Labute approximate surface area is 119 Å². The van der Waals surface area contributed by atoms with Crippen LogP contribution in [0.1, 0.15) is 11.1 Å². The molecule has 0 fully saturated rings. The molecule has 1 aromatic carbocycles. The SMILES string of the molecule is N#Cc1ccccc1OCCNCCc1ccncc1. The first kappa shape index (κ1) is 14.0. The van der Waals surface area contributed by atoms with E-state index in [1.807, 2.05) is 30.3 Å². The first-order valence-electron chi connectivity index (χ1n) is 6.61. The molecule has 1 aromatic heterocycles. The van der Waals surface area contributed by atoms with Gasteiger partial charge in [-0.2, -0.15) is 5.26 Å². The molecule has 0 saturated heterocycles. The molecule has 2 rings (SSSR count). The van der Waals surface area contributed by atoms with Gasteiger partial charge in [0.05, 0.1) is 5.56 Å². The summed E-state index contributed by atoms with van der Waals surface area (Å²) in [5, 5.41) is 12.2. The van der Waals surface area contributed by atoms with Gasteiger partial charge in [0.25, 0.3) is 0 Å². The lowest BCUT2D eigenvalue weighted by Crippen LogP contribution is -2.23. The normalized spacial score (nSPS) is 9.95. The van der Waals surface area contributed by atoms with Crippen molar-refractivity contribution in [2.24, 2.45) is 0 Å². The van der Waals surface area contributed by atoms with Crippen molar-refractivity contribution in [3.05, 3.63) is 59.9 Å². The van der Waals surface area contributed by atoms with Gasteiger partial charge in [-0.25, -0.2) is 0 Å². The fraction of sp³-hybridized carbons (Fsp3) is 0.250. The van der Waals surface area contributed by atoms with Crippen molar-refractivity contribution in [3.63, 3.8) is 0 Å². The molecule has 4 nitrogen and oxygen atoms in total. The Hall–Kier alpha value is -2.38. The molecule has 1 heterocycles. The fourth-order valence-corrected chi connectivity index (χ4v) is 1.83. The van der Waals surface area contributed by atoms with Crippen molar-refractivity contribution in [2.45, 2.75) is 6.42 Å². The second-order valence-corrected chi connectivity index (χ2v) is 4.31. The first-order valence-corrected chi connectivity index (χ1v) is 6.61. The number of para-hydroxylation sites is 1. The molecule has 0 spiro atoms. The minimum absolute atomic E-state index is 0.551. The van der Waals surface area contributed by atoms with Crippen molar-refractivity contribution >= 4 is 0 Å². The number of nitrogens with one attached hydrogen (secondary N) is 1. The summed E-state index contributed by atoms with van der Waals surface area (Å²) in [6.07, 6.45) is 4.58. The highest BCUT2D eigenvalue weighted by molar-refractivity contribution is 5.42. The standard InChI is InChI=1S/C16H17N3O/c17-13-15-3-1-2-4-16(15)20-12-11-19-10-7-14-5-8-18-9-6-14/h1-6,8-9,19H,7,10-12H2. The number of benzene rings is 1. The quantitative estimate of drug-likeness (QED) is 0.781. The van der Waals surface area contributed by atoms with E-state index in [1.165, 1.54) is 5.56 Å². The van der Waals surface area contributed by atoms with Crippen LogP contribution in [0, 0.1) is 11.3 Å². The van der Waals surface area contributed by atoms with E-state index in [4.69, 9.17) is 10.00 Å². The average molecular weight is 267 g/mol. The maximum atomic E-state index is 8.93. The average Bonchev–Trinajstić information content (AvgIpc) is 2.52. The summed E-state index contributed by atoms with van der Waals surface area (Å²) in [5.41, 5.74) is 1.84. The van der Waals surface area contributed by atoms with Crippen LogP contribution in [0.25, 0.3) is 0 Å². The van der Waals surface area contributed by atoms with Gasteiger partial charge >= 0.3 is 0 Å². The summed E-state index contributed by atoms with van der Waals surface area (Å²) in [5.74, 6) is 0.644. The number of pyridine rings is 1. The summed E-state index contributed by atoms with van der Waals surface area (Å²) in [4.78, 5) is 3.99. The molecule has 20 heavy (non-hydrogen) atoms. The Morgan fingerprint density at radius 3 is 2.70 bits per heavy atom. The molecule has 0 saturated carbocycles. The van der Waals surface area contributed by atoms with Crippen LogP contribution in [0.2, 0.25) is 0 Å². The number of rotatable bonds is 7. The number of nitriles is 1. The molecule has 0 radical (unpaired) electrons. The third-order valence-electron chi connectivity index (χ3n) is 2.88. The summed E-state index contributed by atoms with van der Waals surface area (Å²) < 4.78 is 5.59. The molecule has 4 heteroatoms. The van der Waals surface area contributed by atoms with Gasteiger partial charge < -0.3 is 10.1 Å². The van der Waals surface area contributed by atoms with Crippen molar-refractivity contribution in [3.8, 4) is 11.8 Å². The highest BCUT2D eigenvalue weighted by atomic mass is 16.5. The number of hydrogen-bond donors (Lipinski definition) is 1. The zero-order valence-electron chi connectivity index (χ0n) is 11.2. The van der Waals surface area contributed by atoms with Crippen LogP contribution in [0.15, 0.2) is 48.8 Å². The van der Waals surface area contributed by atoms with Gasteiger partial charge in [0.1, 0.15) is 18.4 Å². The van der Waals surface area contributed by atoms with E-state index in [-0.39, 0.29) is 0 Å². The molecule has 0 amide bonds. The van der Waals surface area contributed by atoms with Crippen molar-refractivity contribution in [2.75, 3.05) is 19.7 Å². The number of aromatic nitrogens is 1. The van der Waals surface area contributed by atoms with Crippen LogP contribution in [0.5, 0.6) is 5.75 Å². The van der Waals surface area contributed by atoms with Gasteiger partial charge in [-0.3, -0.25) is 4.98 Å². The molecule has 0 aliphatic heterocycles. The monoisotopic (exact) mass is 267 g/mol. The van der Waals surface area contributed by atoms with Crippen molar-refractivity contribution in [1.29, 1.82) is 5.26 Å². The molecule has 0 bridgehead atoms. The molecule has 0 atom stereocenters. The zero-order valence-corrected chi connectivity index (χ0v) is 11.2. The van der Waals surface area contributed by atoms with Crippen LogP contribution in [-0.2, 0) is 6.42 Å². The third kappa shape index (κ3) is 4.38. The second-order valence-electron chi connectivity index (χ2n) is 4.31. The van der Waals surface area contributed by atoms with Crippen LogP contribution in [-0.4, -0.2) is 24.7 Å². The number of hydrogen-bond acceptors (Lipinski definition) is 4. The van der Waals surface area contributed by atoms with Crippen molar-refractivity contribution < 1.29 is 4.74 Å². The molecule has 102 valence electrons. The lowest BCUT2D eigenvalue weighted by atomic mass is 10.2. The lowest BCUT2D eigenvalue weighted by Gasteiger charge is -2.08. The molecule has 0 aliphatic rings. The number of nitrogens with zero attached hydrogens (tertiary/aromatic N) is 2.